The Balaban J connectivity index is 2.00. The van der Waals surface area contributed by atoms with Crippen LogP contribution in [0.15, 0.2) is 18.2 Å². The van der Waals surface area contributed by atoms with Gasteiger partial charge in [0, 0.05) is 26.5 Å². The molecule has 2 unspecified atom stereocenters. The predicted octanol–water partition coefficient (Wildman–Crippen LogP) is 1.86. The molecule has 0 saturated carbocycles. The van der Waals surface area contributed by atoms with Crippen molar-refractivity contribution >= 4 is 11.9 Å². The normalized spacial score (nSPS) is 20.6. The SMILES string of the molecule is COC(=O)C1CC(OC)CN1C(=O)CCc1ccc(C)c(F)c1. The van der Waals surface area contributed by atoms with Crippen LogP contribution in [0.3, 0.4) is 0 Å². The third-order valence-electron chi connectivity index (χ3n) is 4.25. The maximum atomic E-state index is 13.5. The highest BCUT2D eigenvalue weighted by Crippen LogP contribution is 2.22. The van der Waals surface area contributed by atoms with Crippen molar-refractivity contribution in [3.05, 3.63) is 35.1 Å². The third kappa shape index (κ3) is 4.07. The fraction of sp³-hybridized carbons (Fsp3) is 0.529. The van der Waals surface area contributed by atoms with Crippen molar-refractivity contribution in [2.24, 2.45) is 0 Å². The Hall–Kier alpha value is -1.95. The van der Waals surface area contributed by atoms with Crippen molar-refractivity contribution in [1.82, 2.24) is 4.90 Å². The van der Waals surface area contributed by atoms with Crippen molar-refractivity contribution in [3.63, 3.8) is 0 Å². The van der Waals surface area contributed by atoms with E-state index in [-0.39, 0.29) is 24.2 Å². The number of ether oxygens (including phenoxy) is 2. The van der Waals surface area contributed by atoms with Gasteiger partial charge in [-0.3, -0.25) is 4.79 Å². The third-order valence-corrected chi connectivity index (χ3v) is 4.25. The molecular formula is C17H22FNO4. The second kappa shape index (κ2) is 7.55. The van der Waals surface area contributed by atoms with E-state index in [1.54, 1.807) is 20.1 Å². The molecule has 0 bridgehead atoms. The predicted molar refractivity (Wildman–Crippen MR) is 82.4 cm³/mol. The number of hydrogen-bond donors (Lipinski definition) is 0. The van der Waals surface area contributed by atoms with E-state index in [1.807, 2.05) is 6.07 Å². The molecule has 0 aromatic heterocycles. The smallest absolute Gasteiger partial charge is 0.328 e. The van der Waals surface area contributed by atoms with E-state index in [4.69, 9.17) is 9.47 Å². The number of nitrogens with zero attached hydrogens (tertiary/aromatic N) is 1. The Bertz CT molecular complexity index is 590. The highest BCUT2D eigenvalue weighted by atomic mass is 19.1. The van der Waals surface area contributed by atoms with Crippen molar-refractivity contribution < 1.29 is 23.5 Å². The first-order valence-electron chi connectivity index (χ1n) is 7.61. The second-order valence-electron chi connectivity index (χ2n) is 5.76. The molecule has 1 aliphatic heterocycles. The van der Waals surface area contributed by atoms with Crippen LogP contribution in [0, 0.1) is 12.7 Å². The summed E-state index contributed by atoms with van der Waals surface area (Å²) in [5.41, 5.74) is 1.34. The summed E-state index contributed by atoms with van der Waals surface area (Å²) in [5, 5.41) is 0. The monoisotopic (exact) mass is 323 g/mol. The lowest BCUT2D eigenvalue weighted by molar-refractivity contribution is -0.150. The molecule has 0 spiro atoms. The molecule has 1 amide bonds. The molecule has 0 aliphatic carbocycles. The molecule has 5 nitrogen and oxygen atoms in total. The molecule has 0 N–H and O–H groups in total. The number of carbonyl (C=O) groups is 2. The van der Waals surface area contributed by atoms with Gasteiger partial charge >= 0.3 is 5.97 Å². The van der Waals surface area contributed by atoms with E-state index in [0.29, 0.717) is 24.9 Å². The minimum Gasteiger partial charge on any atom is -0.467 e. The number of rotatable bonds is 5. The van der Waals surface area contributed by atoms with Crippen molar-refractivity contribution in [2.45, 2.75) is 38.3 Å². The Morgan fingerprint density at radius 3 is 2.70 bits per heavy atom. The van der Waals surface area contributed by atoms with Crippen LogP contribution in [-0.2, 0) is 25.5 Å². The Labute approximate surface area is 135 Å². The van der Waals surface area contributed by atoms with Crippen LogP contribution in [0.5, 0.6) is 0 Å². The summed E-state index contributed by atoms with van der Waals surface area (Å²) in [5.74, 6) is -0.858. The van der Waals surface area contributed by atoms with E-state index < -0.39 is 12.0 Å². The number of halogens is 1. The summed E-state index contributed by atoms with van der Waals surface area (Å²) in [7, 11) is 2.86. The summed E-state index contributed by atoms with van der Waals surface area (Å²) < 4.78 is 23.6. The minimum absolute atomic E-state index is 0.152. The molecule has 0 radical (unpaired) electrons. The maximum absolute atomic E-state index is 13.5. The number of aryl methyl sites for hydroxylation is 2. The summed E-state index contributed by atoms with van der Waals surface area (Å²) in [6, 6.07) is 4.35. The van der Waals surface area contributed by atoms with Gasteiger partial charge in [-0.2, -0.15) is 0 Å². The lowest BCUT2D eigenvalue weighted by Crippen LogP contribution is -2.41. The van der Waals surface area contributed by atoms with Crippen molar-refractivity contribution in [2.75, 3.05) is 20.8 Å². The van der Waals surface area contributed by atoms with E-state index in [2.05, 4.69) is 0 Å². The molecule has 1 aliphatic rings. The molecule has 1 heterocycles. The molecule has 1 aromatic rings. The molecule has 1 saturated heterocycles. The average Bonchev–Trinajstić information content (AvgIpc) is 2.99. The number of methoxy groups -OCH3 is 2. The fourth-order valence-electron chi connectivity index (χ4n) is 2.79. The van der Waals surface area contributed by atoms with Crippen molar-refractivity contribution in [3.8, 4) is 0 Å². The van der Waals surface area contributed by atoms with Crippen LogP contribution < -0.4 is 0 Å². The lowest BCUT2D eigenvalue weighted by Gasteiger charge is -2.22. The quantitative estimate of drug-likeness (QED) is 0.776. The highest BCUT2D eigenvalue weighted by Gasteiger charge is 2.40. The van der Waals surface area contributed by atoms with E-state index >= 15 is 0 Å². The minimum atomic E-state index is -0.604. The Morgan fingerprint density at radius 1 is 1.35 bits per heavy atom. The summed E-state index contributed by atoms with van der Waals surface area (Å²) in [6.45, 7) is 2.07. The van der Waals surface area contributed by atoms with Crippen LogP contribution >= 0.6 is 0 Å². The Morgan fingerprint density at radius 2 is 2.09 bits per heavy atom. The van der Waals surface area contributed by atoms with Crippen LogP contribution in [0.25, 0.3) is 0 Å². The van der Waals surface area contributed by atoms with Gasteiger partial charge in [0.25, 0.3) is 0 Å². The summed E-state index contributed by atoms with van der Waals surface area (Å²) in [6.07, 6.45) is 0.915. The first kappa shape index (κ1) is 17.4. The zero-order chi connectivity index (χ0) is 17.0. The van der Waals surface area contributed by atoms with E-state index in [1.165, 1.54) is 18.1 Å². The molecular weight excluding hydrogens is 301 g/mol. The molecule has 2 rings (SSSR count). The average molecular weight is 323 g/mol. The molecule has 1 fully saturated rings. The van der Waals surface area contributed by atoms with E-state index in [9.17, 15) is 14.0 Å². The largest absolute Gasteiger partial charge is 0.467 e. The van der Waals surface area contributed by atoms with Gasteiger partial charge in [-0.1, -0.05) is 12.1 Å². The number of esters is 1. The van der Waals surface area contributed by atoms with E-state index in [0.717, 1.165) is 5.56 Å². The summed E-state index contributed by atoms with van der Waals surface area (Å²) >= 11 is 0. The number of carbonyl (C=O) groups excluding carboxylic acids is 2. The molecule has 1 aromatic carbocycles. The zero-order valence-corrected chi connectivity index (χ0v) is 13.7. The first-order valence-corrected chi connectivity index (χ1v) is 7.61. The zero-order valence-electron chi connectivity index (χ0n) is 13.7. The van der Waals surface area contributed by atoms with Crippen LogP contribution in [-0.4, -0.2) is 49.7 Å². The second-order valence-corrected chi connectivity index (χ2v) is 5.76. The Kier molecular flexibility index (Phi) is 5.71. The number of hydrogen-bond acceptors (Lipinski definition) is 4. The van der Waals surface area contributed by atoms with Gasteiger partial charge in [0.05, 0.1) is 13.2 Å². The van der Waals surface area contributed by atoms with Crippen LogP contribution in [0.1, 0.15) is 24.0 Å². The first-order chi connectivity index (χ1) is 11.0. The number of amides is 1. The van der Waals surface area contributed by atoms with Gasteiger partial charge in [-0.05, 0) is 30.5 Å². The molecule has 126 valence electrons. The molecule has 2 atom stereocenters. The highest BCUT2D eigenvalue weighted by molar-refractivity contribution is 5.85. The summed E-state index contributed by atoms with van der Waals surface area (Å²) in [4.78, 5) is 25.8. The number of benzene rings is 1. The number of likely N-dealkylation sites (tertiary alicyclic amines) is 1. The van der Waals surface area contributed by atoms with Gasteiger partial charge in [0.15, 0.2) is 0 Å². The molecule has 23 heavy (non-hydrogen) atoms. The topological polar surface area (TPSA) is 55.8 Å². The standard InChI is InChI=1S/C17H22FNO4/c1-11-4-5-12(8-14(11)18)6-7-16(20)19-10-13(22-2)9-15(19)17(21)23-3/h4-5,8,13,15H,6-7,9-10H2,1-3H3. The van der Waals surface area contributed by atoms with Crippen LogP contribution in [0.2, 0.25) is 0 Å². The maximum Gasteiger partial charge on any atom is 0.328 e. The van der Waals surface area contributed by atoms with Gasteiger partial charge in [-0.15, -0.1) is 0 Å². The fourth-order valence-corrected chi connectivity index (χ4v) is 2.79. The van der Waals surface area contributed by atoms with Gasteiger partial charge < -0.3 is 14.4 Å². The van der Waals surface area contributed by atoms with Gasteiger partial charge in [-0.25, -0.2) is 9.18 Å². The van der Waals surface area contributed by atoms with Gasteiger partial charge in [0.2, 0.25) is 5.91 Å². The molecule has 6 heteroatoms. The van der Waals surface area contributed by atoms with Gasteiger partial charge in [0.1, 0.15) is 11.9 Å². The lowest BCUT2D eigenvalue weighted by atomic mass is 10.1. The van der Waals surface area contributed by atoms with Crippen LogP contribution in [0.4, 0.5) is 4.39 Å². The van der Waals surface area contributed by atoms with Crippen molar-refractivity contribution in [1.29, 1.82) is 0 Å².